The van der Waals surface area contributed by atoms with Crippen molar-refractivity contribution in [2.75, 3.05) is 56.2 Å². The smallest absolute Gasteiger partial charge is 0.223 e. The molecule has 2 aliphatic rings. The van der Waals surface area contributed by atoms with E-state index >= 15 is 0 Å². The summed E-state index contributed by atoms with van der Waals surface area (Å²) in [5.74, 6) is 1.09. The van der Waals surface area contributed by atoms with Crippen molar-refractivity contribution >= 4 is 29.7 Å². The molecule has 5 nitrogen and oxygen atoms in total. The van der Waals surface area contributed by atoms with Crippen molar-refractivity contribution < 1.29 is 9.53 Å². The minimum absolute atomic E-state index is 0. The lowest BCUT2D eigenvalue weighted by Gasteiger charge is -2.36. The van der Waals surface area contributed by atoms with Gasteiger partial charge in [0.1, 0.15) is 5.75 Å². The van der Waals surface area contributed by atoms with Crippen molar-refractivity contribution in [3.05, 3.63) is 53.6 Å². The van der Waals surface area contributed by atoms with Crippen LogP contribution in [0.1, 0.15) is 18.1 Å². The molecule has 2 aromatic rings. The molecule has 6 heteroatoms. The number of fused-ring (bicyclic) bond motifs is 1. The molecule has 0 N–H and O–H groups in total. The van der Waals surface area contributed by atoms with Gasteiger partial charge in [-0.2, -0.15) is 0 Å². The molecule has 156 valence electrons. The number of rotatable bonds is 5. The first-order valence-corrected chi connectivity index (χ1v) is 10.2. The van der Waals surface area contributed by atoms with Crippen molar-refractivity contribution in [1.82, 2.24) is 4.90 Å². The summed E-state index contributed by atoms with van der Waals surface area (Å²) in [5, 5.41) is 0. The van der Waals surface area contributed by atoms with Crippen molar-refractivity contribution in [2.45, 2.75) is 19.8 Å². The molecule has 1 amide bonds. The van der Waals surface area contributed by atoms with Crippen molar-refractivity contribution in [3.8, 4) is 5.75 Å². The highest BCUT2D eigenvalue weighted by molar-refractivity contribution is 5.93. The average molecular weight is 416 g/mol. The lowest BCUT2D eigenvalue weighted by Crippen LogP contribution is -2.47. The number of para-hydroxylation sites is 2. The van der Waals surface area contributed by atoms with Gasteiger partial charge in [0.15, 0.2) is 0 Å². The van der Waals surface area contributed by atoms with Gasteiger partial charge in [0, 0.05) is 51.9 Å². The standard InChI is InChI=1S/C23H29N3O2.ClH/c1-18(27)26-12-10-20-17-19(7-8-21(20)26)9-11-24-13-15-25(16-14-24)22-5-3-4-6-23(22)28-2;/h3-8,17H,9-16H2,1-2H3;1H. The highest BCUT2D eigenvalue weighted by Crippen LogP contribution is 2.30. The summed E-state index contributed by atoms with van der Waals surface area (Å²) in [6, 6.07) is 14.9. The summed E-state index contributed by atoms with van der Waals surface area (Å²) < 4.78 is 5.51. The first-order chi connectivity index (χ1) is 13.7. The van der Waals surface area contributed by atoms with Crippen LogP contribution in [0.3, 0.4) is 0 Å². The predicted molar refractivity (Wildman–Crippen MR) is 121 cm³/mol. The molecule has 2 aromatic carbocycles. The van der Waals surface area contributed by atoms with Crippen molar-refractivity contribution in [1.29, 1.82) is 0 Å². The molecule has 29 heavy (non-hydrogen) atoms. The van der Waals surface area contributed by atoms with Gasteiger partial charge in [-0.3, -0.25) is 9.69 Å². The normalized spacial score (nSPS) is 16.3. The lowest BCUT2D eigenvalue weighted by atomic mass is 10.1. The molecule has 1 fully saturated rings. The van der Waals surface area contributed by atoms with Crippen molar-refractivity contribution in [2.24, 2.45) is 0 Å². The summed E-state index contributed by atoms with van der Waals surface area (Å²) in [7, 11) is 1.74. The number of nitrogens with zero attached hydrogens (tertiary/aromatic N) is 3. The zero-order valence-corrected chi connectivity index (χ0v) is 18.1. The summed E-state index contributed by atoms with van der Waals surface area (Å²) in [6.07, 6.45) is 2.03. The van der Waals surface area contributed by atoms with Gasteiger partial charge < -0.3 is 14.5 Å². The van der Waals surface area contributed by atoms with Crippen LogP contribution in [-0.2, 0) is 17.6 Å². The molecule has 0 spiro atoms. The first-order valence-electron chi connectivity index (χ1n) is 10.2. The minimum atomic E-state index is 0. The number of amides is 1. The second-order valence-corrected chi connectivity index (χ2v) is 7.63. The summed E-state index contributed by atoms with van der Waals surface area (Å²) in [5.41, 5.74) is 4.98. The Balaban J connectivity index is 0.00000240. The summed E-state index contributed by atoms with van der Waals surface area (Å²) in [6.45, 7) is 7.74. The van der Waals surface area contributed by atoms with Gasteiger partial charge in [0.05, 0.1) is 12.8 Å². The highest BCUT2D eigenvalue weighted by atomic mass is 35.5. The van der Waals surface area contributed by atoms with Crippen molar-refractivity contribution in [3.63, 3.8) is 0 Å². The van der Waals surface area contributed by atoms with E-state index in [1.54, 1.807) is 14.0 Å². The number of ether oxygens (including phenoxy) is 1. The zero-order chi connectivity index (χ0) is 19.5. The number of piperazine rings is 1. The van der Waals surface area contributed by atoms with Crippen LogP contribution in [0, 0.1) is 0 Å². The van der Waals surface area contributed by atoms with Gasteiger partial charge in [-0.25, -0.2) is 0 Å². The molecule has 0 atom stereocenters. The van der Waals surface area contributed by atoms with E-state index in [-0.39, 0.29) is 18.3 Å². The second kappa shape index (κ2) is 9.51. The molecule has 0 aliphatic carbocycles. The van der Waals surface area contributed by atoms with Crippen LogP contribution in [0.4, 0.5) is 11.4 Å². The Labute approximate surface area is 179 Å². The molecule has 0 radical (unpaired) electrons. The van der Waals surface area contributed by atoms with E-state index < -0.39 is 0 Å². The Morgan fingerprint density at radius 3 is 2.48 bits per heavy atom. The second-order valence-electron chi connectivity index (χ2n) is 7.63. The molecule has 1 saturated heterocycles. The molecule has 0 unspecified atom stereocenters. The van der Waals surface area contributed by atoms with Crippen LogP contribution in [0.15, 0.2) is 42.5 Å². The maximum absolute atomic E-state index is 11.7. The molecule has 0 bridgehead atoms. The van der Waals surface area contributed by atoms with Crippen LogP contribution in [0.5, 0.6) is 5.75 Å². The predicted octanol–water partition coefficient (Wildman–Crippen LogP) is 3.39. The van der Waals surface area contributed by atoms with Crippen LogP contribution in [-0.4, -0.2) is 57.2 Å². The third-order valence-electron chi connectivity index (χ3n) is 5.93. The Bertz CT molecular complexity index is 850. The average Bonchev–Trinajstić information content (AvgIpc) is 3.16. The third kappa shape index (κ3) is 4.68. The maximum atomic E-state index is 11.7. The van der Waals surface area contributed by atoms with Gasteiger partial charge >= 0.3 is 0 Å². The van der Waals surface area contributed by atoms with Crippen LogP contribution < -0.4 is 14.5 Å². The highest BCUT2D eigenvalue weighted by Gasteiger charge is 2.23. The monoisotopic (exact) mass is 415 g/mol. The summed E-state index contributed by atoms with van der Waals surface area (Å²) in [4.78, 5) is 18.5. The summed E-state index contributed by atoms with van der Waals surface area (Å²) >= 11 is 0. The van der Waals surface area contributed by atoms with Gasteiger partial charge in [0.25, 0.3) is 0 Å². The van der Waals surface area contributed by atoms with Gasteiger partial charge in [-0.15, -0.1) is 12.4 Å². The molecule has 2 heterocycles. The largest absolute Gasteiger partial charge is 0.495 e. The molecule has 0 aromatic heterocycles. The number of carbonyl (C=O) groups excluding carboxylic acids is 1. The lowest BCUT2D eigenvalue weighted by molar-refractivity contribution is -0.116. The Hall–Kier alpha value is -2.24. The quantitative estimate of drug-likeness (QED) is 0.750. The molecule has 0 saturated carbocycles. The van der Waals surface area contributed by atoms with Gasteiger partial charge in [0.2, 0.25) is 5.91 Å². The number of methoxy groups -OCH3 is 1. The van der Waals surface area contributed by atoms with E-state index in [4.69, 9.17) is 4.74 Å². The Morgan fingerprint density at radius 1 is 1.00 bits per heavy atom. The number of anilines is 2. The molecule has 4 rings (SSSR count). The fourth-order valence-electron chi connectivity index (χ4n) is 4.33. The molecular formula is C23H30ClN3O2. The van der Waals surface area contributed by atoms with E-state index in [0.29, 0.717) is 0 Å². The molecular weight excluding hydrogens is 386 g/mol. The topological polar surface area (TPSA) is 36.0 Å². The maximum Gasteiger partial charge on any atom is 0.223 e. The SMILES string of the molecule is COc1ccccc1N1CCN(CCc2ccc3c(c2)CCN3C(C)=O)CC1.Cl. The number of carbonyl (C=O) groups is 1. The van der Waals surface area contributed by atoms with Crippen LogP contribution in [0.2, 0.25) is 0 Å². The minimum Gasteiger partial charge on any atom is -0.495 e. The third-order valence-corrected chi connectivity index (χ3v) is 5.93. The zero-order valence-electron chi connectivity index (χ0n) is 17.3. The van der Waals surface area contributed by atoms with Gasteiger partial charge in [-0.1, -0.05) is 24.3 Å². The number of hydrogen-bond donors (Lipinski definition) is 0. The van der Waals surface area contributed by atoms with E-state index in [2.05, 4.69) is 40.1 Å². The fraction of sp³-hybridized carbons (Fsp3) is 0.435. The Morgan fingerprint density at radius 2 is 1.76 bits per heavy atom. The van der Waals surface area contributed by atoms with E-state index in [1.807, 2.05) is 17.0 Å². The van der Waals surface area contributed by atoms with Gasteiger partial charge in [-0.05, 0) is 42.2 Å². The van der Waals surface area contributed by atoms with E-state index in [1.165, 1.54) is 16.8 Å². The Kier molecular flexibility index (Phi) is 7.04. The number of hydrogen-bond acceptors (Lipinski definition) is 4. The fourth-order valence-corrected chi connectivity index (χ4v) is 4.33. The van der Waals surface area contributed by atoms with Crippen LogP contribution >= 0.6 is 12.4 Å². The number of benzene rings is 2. The van der Waals surface area contributed by atoms with E-state index in [0.717, 1.165) is 63.5 Å². The van der Waals surface area contributed by atoms with E-state index in [9.17, 15) is 4.79 Å². The first kappa shape index (κ1) is 21.5. The molecule has 2 aliphatic heterocycles. The number of halogens is 1. The van der Waals surface area contributed by atoms with Crippen LogP contribution in [0.25, 0.3) is 0 Å².